The fraction of sp³-hybridized carbons (Fsp3) is 0.414. The van der Waals surface area contributed by atoms with Crippen molar-refractivity contribution in [1.29, 1.82) is 0 Å². The van der Waals surface area contributed by atoms with Gasteiger partial charge < -0.3 is 20.5 Å². The molecule has 0 saturated heterocycles. The van der Waals surface area contributed by atoms with Crippen molar-refractivity contribution in [3.63, 3.8) is 0 Å². The monoisotopic (exact) mass is 580 g/mol. The first kappa shape index (κ1) is 29.1. The standard InChI is InChI=1S/C29H34F2N8O3/c30-20-14-21(31)16-23(15-20)42-13-12-39(10-2-1-5-22-7-6-19-4-3-9-32-26(19)36-22)11-8-25(29(40)41)37-27-24-17-35-38-28(24)34-18-33-27/h6-7,14-18,25H,1-5,8-13H2,(H,32,36)(H,40,41)(H2,33,34,35,37,38). The predicted molar refractivity (Wildman–Crippen MR) is 154 cm³/mol. The van der Waals surface area contributed by atoms with Crippen molar-refractivity contribution >= 4 is 28.6 Å². The number of aromatic amines is 1. The summed E-state index contributed by atoms with van der Waals surface area (Å²) in [5.74, 6) is -0.952. The molecule has 0 radical (unpaired) electrons. The van der Waals surface area contributed by atoms with E-state index in [1.165, 1.54) is 11.9 Å². The zero-order valence-electron chi connectivity index (χ0n) is 23.2. The fourth-order valence-corrected chi connectivity index (χ4v) is 5.00. The van der Waals surface area contributed by atoms with Gasteiger partial charge in [0.2, 0.25) is 0 Å². The Kier molecular flexibility index (Phi) is 9.70. The van der Waals surface area contributed by atoms with Crippen molar-refractivity contribution in [3.8, 4) is 5.75 Å². The van der Waals surface area contributed by atoms with Crippen LogP contribution in [0.2, 0.25) is 0 Å². The molecule has 1 atom stereocenters. The Balaban J connectivity index is 1.18. The van der Waals surface area contributed by atoms with Gasteiger partial charge in [0, 0.05) is 43.5 Å². The second kappa shape index (κ2) is 14.0. The van der Waals surface area contributed by atoms with E-state index in [1.54, 1.807) is 6.20 Å². The van der Waals surface area contributed by atoms with E-state index in [9.17, 15) is 18.7 Å². The minimum absolute atomic E-state index is 0.109. The average molecular weight is 581 g/mol. The molecule has 4 N–H and O–H groups in total. The molecule has 5 rings (SSSR count). The summed E-state index contributed by atoms with van der Waals surface area (Å²) in [5.41, 5.74) is 2.80. The van der Waals surface area contributed by atoms with Crippen molar-refractivity contribution in [1.82, 2.24) is 30.0 Å². The van der Waals surface area contributed by atoms with E-state index in [0.29, 0.717) is 36.5 Å². The van der Waals surface area contributed by atoms with Crippen molar-refractivity contribution < 1.29 is 23.4 Å². The highest BCUT2D eigenvalue weighted by molar-refractivity contribution is 5.88. The number of nitrogens with zero attached hydrogens (tertiary/aromatic N) is 5. The average Bonchev–Trinajstić information content (AvgIpc) is 3.46. The maximum absolute atomic E-state index is 13.6. The molecule has 1 aromatic carbocycles. The molecule has 1 unspecified atom stereocenters. The quantitative estimate of drug-likeness (QED) is 0.152. The van der Waals surface area contributed by atoms with E-state index >= 15 is 0 Å². The first-order valence-corrected chi connectivity index (χ1v) is 14.1. The number of aryl methyl sites for hydroxylation is 2. The molecule has 0 amide bonds. The Bertz CT molecular complexity index is 1480. The molecule has 222 valence electrons. The van der Waals surface area contributed by atoms with Crippen LogP contribution in [0.3, 0.4) is 0 Å². The summed E-state index contributed by atoms with van der Waals surface area (Å²) in [6.07, 6.45) is 7.92. The van der Waals surface area contributed by atoms with Gasteiger partial charge in [-0.2, -0.15) is 5.10 Å². The van der Waals surface area contributed by atoms with Crippen molar-refractivity contribution in [2.24, 2.45) is 0 Å². The van der Waals surface area contributed by atoms with Gasteiger partial charge in [0.05, 0.1) is 11.6 Å². The first-order valence-electron chi connectivity index (χ1n) is 14.1. The number of unbranched alkanes of at least 4 members (excludes halogenated alkanes) is 1. The Morgan fingerprint density at radius 1 is 1.12 bits per heavy atom. The molecule has 0 fully saturated rings. The van der Waals surface area contributed by atoms with Gasteiger partial charge in [0.15, 0.2) is 5.65 Å². The Morgan fingerprint density at radius 2 is 1.98 bits per heavy atom. The minimum atomic E-state index is -1.01. The Hall–Kier alpha value is -4.39. The number of nitrogens with one attached hydrogen (secondary N) is 3. The van der Waals surface area contributed by atoms with Crippen LogP contribution in [-0.2, 0) is 17.6 Å². The van der Waals surface area contributed by atoms with E-state index in [2.05, 4.69) is 47.8 Å². The number of pyridine rings is 1. The van der Waals surface area contributed by atoms with Crippen LogP contribution in [0.4, 0.5) is 20.4 Å². The Labute approximate surface area is 241 Å². The maximum Gasteiger partial charge on any atom is 0.326 e. The third-order valence-electron chi connectivity index (χ3n) is 7.21. The lowest BCUT2D eigenvalue weighted by Crippen LogP contribution is -2.37. The molecule has 42 heavy (non-hydrogen) atoms. The molecular weight excluding hydrogens is 546 g/mol. The van der Waals surface area contributed by atoms with Gasteiger partial charge in [-0.15, -0.1) is 0 Å². The summed E-state index contributed by atoms with van der Waals surface area (Å²) >= 11 is 0. The first-order chi connectivity index (χ1) is 20.4. The summed E-state index contributed by atoms with van der Waals surface area (Å²) in [4.78, 5) is 27.3. The van der Waals surface area contributed by atoms with Crippen LogP contribution in [0.1, 0.15) is 36.9 Å². The number of carbonyl (C=O) groups is 1. The lowest BCUT2D eigenvalue weighted by atomic mass is 10.1. The Morgan fingerprint density at radius 3 is 2.81 bits per heavy atom. The molecule has 1 aliphatic heterocycles. The highest BCUT2D eigenvalue weighted by Gasteiger charge is 2.21. The lowest BCUT2D eigenvalue weighted by Gasteiger charge is -2.25. The number of rotatable bonds is 15. The van der Waals surface area contributed by atoms with Gasteiger partial charge in [-0.05, 0) is 56.7 Å². The number of H-pyrrole nitrogens is 1. The third kappa shape index (κ3) is 7.87. The molecule has 0 spiro atoms. The molecule has 13 heteroatoms. The summed E-state index contributed by atoms with van der Waals surface area (Å²) in [6, 6.07) is 6.39. The molecule has 0 bridgehead atoms. The summed E-state index contributed by atoms with van der Waals surface area (Å²) in [5, 5.41) is 23.6. The van der Waals surface area contributed by atoms with Crippen LogP contribution in [-0.4, -0.2) is 80.0 Å². The van der Waals surface area contributed by atoms with Gasteiger partial charge in [0.1, 0.15) is 48.0 Å². The molecule has 0 aliphatic carbocycles. The number of hydrogen-bond donors (Lipinski definition) is 4. The topological polar surface area (TPSA) is 141 Å². The van der Waals surface area contributed by atoms with Gasteiger partial charge in [0.25, 0.3) is 0 Å². The zero-order valence-corrected chi connectivity index (χ0v) is 23.2. The van der Waals surface area contributed by atoms with Crippen LogP contribution < -0.4 is 15.4 Å². The van der Waals surface area contributed by atoms with Gasteiger partial charge in [-0.3, -0.25) is 10.00 Å². The van der Waals surface area contributed by atoms with Gasteiger partial charge in [-0.1, -0.05) is 6.07 Å². The molecule has 11 nitrogen and oxygen atoms in total. The molecule has 3 aromatic heterocycles. The number of carboxylic acids is 1. The number of hydrogen-bond acceptors (Lipinski definition) is 9. The number of halogens is 2. The van der Waals surface area contributed by atoms with Crippen LogP contribution >= 0.6 is 0 Å². The summed E-state index contributed by atoms with van der Waals surface area (Å²) in [6.45, 7) is 2.72. The zero-order chi connectivity index (χ0) is 29.3. The van der Waals surface area contributed by atoms with Crippen molar-refractivity contribution in [2.45, 2.75) is 44.6 Å². The summed E-state index contributed by atoms with van der Waals surface area (Å²) in [7, 11) is 0. The van der Waals surface area contributed by atoms with E-state index in [1.807, 2.05) is 0 Å². The number of carboxylic acid groups (broad SMARTS) is 1. The normalized spacial score (nSPS) is 13.5. The fourth-order valence-electron chi connectivity index (χ4n) is 5.00. The van der Waals surface area contributed by atoms with Crippen LogP contribution in [0.15, 0.2) is 42.9 Å². The van der Waals surface area contributed by atoms with Crippen molar-refractivity contribution in [3.05, 3.63) is 65.7 Å². The van der Waals surface area contributed by atoms with E-state index < -0.39 is 23.6 Å². The van der Waals surface area contributed by atoms with Crippen LogP contribution in [0.25, 0.3) is 11.0 Å². The third-order valence-corrected chi connectivity index (χ3v) is 7.21. The van der Waals surface area contributed by atoms with E-state index in [-0.39, 0.29) is 18.8 Å². The number of aromatic nitrogens is 5. The van der Waals surface area contributed by atoms with Crippen LogP contribution in [0.5, 0.6) is 5.75 Å². The second-order valence-electron chi connectivity index (χ2n) is 10.3. The smallest absolute Gasteiger partial charge is 0.326 e. The summed E-state index contributed by atoms with van der Waals surface area (Å²) < 4.78 is 32.8. The SMILES string of the molecule is O=C(O)C(CCN(CCCCc1ccc2c(n1)NCCC2)CCOc1cc(F)cc(F)c1)Nc1ncnc2[nH]ncc12. The van der Waals surface area contributed by atoms with Gasteiger partial charge >= 0.3 is 5.97 Å². The van der Waals surface area contributed by atoms with Crippen LogP contribution in [0, 0.1) is 11.6 Å². The maximum atomic E-state index is 13.6. The largest absolute Gasteiger partial charge is 0.492 e. The lowest BCUT2D eigenvalue weighted by molar-refractivity contribution is -0.138. The van der Waals surface area contributed by atoms with E-state index in [4.69, 9.17) is 9.72 Å². The number of anilines is 2. The highest BCUT2D eigenvalue weighted by Crippen LogP contribution is 2.21. The van der Waals surface area contributed by atoms with Gasteiger partial charge in [-0.25, -0.2) is 28.5 Å². The minimum Gasteiger partial charge on any atom is -0.492 e. The molecule has 4 aromatic rings. The predicted octanol–water partition coefficient (Wildman–Crippen LogP) is 4.04. The number of ether oxygens (including phenoxy) is 1. The van der Waals surface area contributed by atoms with Crippen molar-refractivity contribution in [2.75, 3.05) is 43.4 Å². The molecule has 4 heterocycles. The molecule has 0 saturated carbocycles. The number of benzene rings is 1. The number of aliphatic carboxylic acids is 1. The van der Waals surface area contributed by atoms with E-state index in [0.717, 1.165) is 68.4 Å². The molecular formula is C29H34F2N8O3. The highest BCUT2D eigenvalue weighted by atomic mass is 19.1. The number of fused-ring (bicyclic) bond motifs is 2. The molecule has 1 aliphatic rings. The second-order valence-corrected chi connectivity index (χ2v) is 10.3.